The van der Waals surface area contributed by atoms with Gasteiger partial charge in [0.15, 0.2) is 5.69 Å². The van der Waals surface area contributed by atoms with Gasteiger partial charge in [0.05, 0.1) is 5.69 Å². The summed E-state index contributed by atoms with van der Waals surface area (Å²) >= 11 is 0. The molecule has 0 saturated carbocycles. The van der Waals surface area contributed by atoms with Crippen molar-refractivity contribution in [1.29, 1.82) is 0 Å². The van der Waals surface area contributed by atoms with Gasteiger partial charge in [0, 0.05) is 25.2 Å². The maximum atomic E-state index is 12.2. The first-order valence-corrected chi connectivity index (χ1v) is 8.44. The standard InChI is InChI=1S/C18H23N3O4/c1-18(2,3)25-17(24)20-10-7-12(8-11-20)14-15(16(22)23)21-9-5-4-6-13(21)19-14/h4-6,9,12H,7-8,10-11H2,1-3H3,(H,22,23). The Hall–Kier alpha value is -2.57. The van der Waals surface area contributed by atoms with Crippen LogP contribution in [0.1, 0.15) is 55.7 Å². The van der Waals surface area contributed by atoms with Gasteiger partial charge in [-0.05, 0) is 45.7 Å². The number of rotatable bonds is 2. The molecule has 1 saturated heterocycles. The van der Waals surface area contributed by atoms with Crippen molar-refractivity contribution in [3.05, 3.63) is 35.8 Å². The van der Waals surface area contributed by atoms with Crippen molar-refractivity contribution < 1.29 is 19.4 Å². The lowest BCUT2D eigenvalue weighted by atomic mass is 9.92. The van der Waals surface area contributed by atoms with E-state index in [4.69, 9.17) is 4.74 Å². The number of imidazole rings is 1. The van der Waals surface area contributed by atoms with Crippen LogP contribution in [0.5, 0.6) is 0 Å². The van der Waals surface area contributed by atoms with Gasteiger partial charge in [-0.1, -0.05) is 6.07 Å². The zero-order valence-electron chi connectivity index (χ0n) is 14.7. The fraction of sp³-hybridized carbons (Fsp3) is 0.500. The molecule has 1 aliphatic rings. The Morgan fingerprint density at radius 2 is 1.92 bits per heavy atom. The molecule has 0 atom stereocenters. The van der Waals surface area contributed by atoms with E-state index >= 15 is 0 Å². The molecular formula is C18H23N3O4. The molecule has 1 N–H and O–H groups in total. The third-order valence-electron chi connectivity index (χ3n) is 4.29. The van der Waals surface area contributed by atoms with Crippen molar-refractivity contribution in [2.45, 2.75) is 45.1 Å². The number of carbonyl (C=O) groups is 2. The summed E-state index contributed by atoms with van der Waals surface area (Å²) in [6.45, 7) is 6.59. The van der Waals surface area contributed by atoms with Crippen molar-refractivity contribution in [2.24, 2.45) is 0 Å². The fourth-order valence-electron chi connectivity index (χ4n) is 3.17. The number of pyridine rings is 1. The quantitative estimate of drug-likeness (QED) is 0.904. The molecule has 0 aromatic carbocycles. The van der Waals surface area contributed by atoms with Gasteiger partial charge in [-0.3, -0.25) is 4.40 Å². The smallest absolute Gasteiger partial charge is 0.410 e. The van der Waals surface area contributed by atoms with Gasteiger partial charge in [-0.15, -0.1) is 0 Å². The highest BCUT2D eigenvalue weighted by Gasteiger charge is 2.31. The summed E-state index contributed by atoms with van der Waals surface area (Å²) in [7, 11) is 0. The molecule has 1 aliphatic heterocycles. The number of amides is 1. The monoisotopic (exact) mass is 345 g/mol. The van der Waals surface area contributed by atoms with Crippen molar-refractivity contribution >= 4 is 17.7 Å². The molecule has 0 aliphatic carbocycles. The van der Waals surface area contributed by atoms with Crippen molar-refractivity contribution in [3.63, 3.8) is 0 Å². The average Bonchev–Trinajstić information content (AvgIpc) is 2.93. The van der Waals surface area contributed by atoms with Crippen LogP contribution < -0.4 is 0 Å². The van der Waals surface area contributed by atoms with Crippen LogP contribution in [0.4, 0.5) is 4.79 Å². The normalized spacial score (nSPS) is 16.2. The number of hydrogen-bond acceptors (Lipinski definition) is 4. The fourth-order valence-corrected chi connectivity index (χ4v) is 3.17. The molecule has 134 valence electrons. The summed E-state index contributed by atoms with van der Waals surface area (Å²) in [5.41, 5.74) is 0.921. The molecule has 0 unspecified atom stereocenters. The predicted octanol–water partition coefficient (Wildman–Crippen LogP) is 3.15. The van der Waals surface area contributed by atoms with Crippen LogP contribution in [0.15, 0.2) is 24.4 Å². The first-order chi connectivity index (χ1) is 11.8. The van der Waals surface area contributed by atoms with Crippen LogP contribution in [-0.4, -0.2) is 50.1 Å². The number of nitrogens with zero attached hydrogens (tertiary/aromatic N) is 3. The van der Waals surface area contributed by atoms with E-state index in [0.717, 1.165) is 0 Å². The van der Waals surface area contributed by atoms with Gasteiger partial charge in [-0.2, -0.15) is 0 Å². The highest BCUT2D eigenvalue weighted by Crippen LogP contribution is 2.31. The molecule has 0 spiro atoms. The molecule has 2 aromatic heterocycles. The molecule has 3 heterocycles. The number of carboxylic acids is 1. The van der Waals surface area contributed by atoms with Crippen LogP contribution >= 0.6 is 0 Å². The van der Waals surface area contributed by atoms with Gasteiger partial charge in [0.2, 0.25) is 0 Å². The number of aromatic nitrogens is 2. The summed E-state index contributed by atoms with van der Waals surface area (Å²) in [6, 6.07) is 5.42. The van der Waals surface area contributed by atoms with Crippen molar-refractivity contribution in [2.75, 3.05) is 13.1 Å². The lowest BCUT2D eigenvalue weighted by Gasteiger charge is -2.33. The zero-order chi connectivity index (χ0) is 18.2. The second-order valence-electron chi connectivity index (χ2n) is 7.32. The van der Waals surface area contributed by atoms with Gasteiger partial charge in [0.1, 0.15) is 11.2 Å². The topological polar surface area (TPSA) is 84.1 Å². The minimum atomic E-state index is -0.983. The molecule has 25 heavy (non-hydrogen) atoms. The van der Waals surface area contributed by atoms with E-state index in [-0.39, 0.29) is 17.7 Å². The van der Waals surface area contributed by atoms with Crippen LogP contribution in [0.3, 0.4) is 0 Å². The molecule has 1 fully saturated rings. The Morgan fingerprint density at radius 1 is 1.24 bits per heavy atom. The number of carboxylic acid groups (broad SMARTS) is 1. The minimum Gasteiger partial charge on any atom is -0.477 e. The molecule has 0 bridgehead atoms. The van der Waals surface area contributed by atoms with Gasteiger partial charge in [0.25, 0.3) is 0 Å². The van der Waals surface area contributed by atoms with E-state index in [9.17, 15) is 14.7 Å². The van der Waals surface area contributed by atoms with E-state index in [1.54, 1.807) is 27.6 Å². The van der Waals surface area contributed by atoms with Crippen LogP contribution in [0.2, 0.25) is 0 Å². The summed E-state index contributed by atoms with van der Waals surface area (Å²) in [6.07, 6.45) is 2.73. The summed E-state index contributed by atoms with van der Waals surface area (Å²) < 4.78 is 7.01. The molecule has 7 heteroatoms. The first-order valence-electron chi connectivity index (χ1n) is 8.44. The highest BCUT2D eigenvalue weighted by atomic mass is 16.6. The lowest BCUT2D eigenvalue weighted by Crippen LogP contribution is -2.41. The first kappa shape index (κ1) is 17.3. The molecule has 2 aromatic rings. The number of carbonyl (C=O) groups excluding carboxylic acids is 1. The van der Waals surface area contributed by atoms with E-state index < -0.39 is 11.6 Å². The molecule has 3 rings (SSSR count). The SMILES string of the molecule is CC(C)(C)OC(=O)N1CCC(c2nc3ccccn3c2C(=O)O)CC1. The predicted molar refractivity (Wildman–Crippen MR) is 91.9 cm³/mol. The Balaban J connectivity index is 1.77. The Kier molecular flexibility index (Phi) is 4.41. The number of piperidine rings is 1. The summed E-state index contributed by atoms with van der Waals surface area (Å²) in [5, 5.41) is 9.61. The van der Waals surface area contributed by atoms with Gasteiger partial charge < -0.3 is 14.7 Å². The number of ether oxygens (including phenoxy) is 1. The average molecular weight is 345 g/mol. The van der Waals surface area contributed by atoms with Gasteiger partial charge >= 0.3 is 12.1 Å². The lowest BCUT2D eigenvalue weighted by molar-refractivity contribution is 0.0203. The minimum absolute atomic E-state index is 0.0182. The third kappa shape index (κ3) is 3.60. The van der Waals surface area contributed by atoms with Crippen molar-refractivity contribution in [1.82, 2.24) is 14.3 Å². The maximum Gasteiger partial charge on any atom is 0.410 e. The zero-order valence-corrected chi connectivity index (χ0v) is 14.7. The Bertz CT molecular complexity index is 798. The third-order valence-corrected chi connectivity index (χ3v) is 4.29. The molecular weight excluding hydrogens is 322 g/mol. The Labute approximate surface area is 146 Å². The highest BCUT2D eigenvalue weighted by molar-refractivity contribution is 5.88. The second-order valence-corrected chi connectivity index (χ2v) is 7.32. The van der Waals surface area contributed by atoms with Crippen molar-refractivity contribution in [3.8, 4) is 0 Å². The summed E-state index contributed by atoms with van der Waals surface area (Å²) in [5.74, 6) is -0.965. The number of likely N-dealkylation sites (tertiary alicyclic amines) is 1. The van der Waals surface area contributed by atoms with E-state index in [1.807, 2.05) is 26.8 Å². The van der Waals surface area contributed by atoms with E-state index in [2.05, 4.69) is 4.98 Å². The van der Waals surface area contributed by atoms with E-state index in [0.29, 0.717) is 37.3 Å². The van der Waals surface area contributed by atoms with Gasteiger partial charge in [-0.25, -0.2) is 14.6 Å². The number of fused-ring (bicyclic) bond motifs is 1. The van der Waals surface area contributed by atoms with E-state index in [1.165, 1.54) is 0 Å². The second kappa shape index (κ2) is 6.38. The Morgan fingerprint density at radius 3 is 2.52 bits per heavy atom. The molecule has 1 amide bonds. The maximum absolute atomic E-state index is 12.2. The molecule has 7 nitrogen and oxygen atoms in total. The number of hydrogen-bond donors (Lipinski definition) is 1. The largest absolute Gasteiger partial charge is 0.477 e. The van der Waals surface area contributed by atoms with Crippen LogP contribution in [0, 0.1) is 0 Å². The summed E-state index contributed by atoms with van der Waals surface area (Å²) in [4.78, 5) is 30.1. The van der Waals surface area contributed by atoms with Crippen LogP contribution in [-0.2, 0) is 4.74 Å². The number of aromatic carboxylic acids is 1. The van der Waals surface area contributed by atoms with Crippen LogP contribution in [0.25, 0.3) is 5.65 Å². The molecule has 0 radical (unpaired) electrons.